The molecule has 7 nitrogen and oxygen atoms in total. The van der Waals surface area contributed by atoms with Crippen molar-refractivity contribution in [3.8, 4) is 0 Å². The van der Waals surface area contributed by atoms with Crippen LogP contribution in [-0.4, -0.2) is 33.0 Å². The fourth-order valence-corrected chi connectivity index (χ4v) is 4.15. The van der Waals surface area contributed by atoms with Gasteiger partial charge in [-0.25, -0.2) is 8.42 Å². The Labute approximate surface area is 193 Å². The van der Waals surface area contributed by atoms with Crippen molar-refractivity contribution in [3.05, 3.63) is 108 Å². The first-order valence-corrected chi connectivity index (χ1v) is 12.1. The zero-order chi connectivity index (χ0) is 23.8. The van der Waals surface area contributed by atoms with E-state index in [1.807, 2.05) is 30.3 Å². The minimum absolute atomic E-state index is 0.0739. The van der Waals surface area contributed by atoms with Crippen molar-refractivity contribution in [3.63, 3.8) is 0 Å². The Bertz CT molecular complexity index is 1260. The van der Waals surface area contributed by atoms with Gasteiger partial charge in [0.1, 0.15) is 0 Å². The van der Waals surface area contributed by atoms with Crippen LogP contribution in [0, 0.1) is 0 Å². The molecule has 3 aromatic rings. The summed E-state index contributed by atoms with van der Waals surface area (Å²) in [5, 5.41) is 5.43. The Morgan fingerprint density at radius 3 is 2.15 bits per heavy atom. The molecule has 8 heteroatoms. The molecule has 0 aliphatic carbocycles. The number of sulfonamides is 1. The van der Waals surface area contributed by atoms with Gasteiger partial charge in [-0.05, 0) is 29.8 Å². The van der Waals surface area contributed by atoms with Crippen LogP contribution in [0.4, 0.5) is 11.4 Å². The molecule has 0 saturated carbocycles. The molecule has 0 aliphatic heterocycles. The van der Waals surface area contributed by atoms with Gasteiger partial charge in [-0.2, -0.15) is 0 Å². The number of hydrogen-bond acceptors (Lipinski definition) is 4. The summed E-state index contributed by atoms with van der Waals surface area (Å²) in [6.45, 7) is 3.93. The maximum atomic E-state index is 13.2. The third-order valence-corrected chi connectivity index (χ3v) is 5.94. The molecule has 2 amide bonds. The minimum Gasteiger partial charge on any atom is -0.349 e. The Morgan fingerprint density at radius 1 is 0.879 bits per heavy atom. The van der Waals surface area contributed by atoms with Crippen LogP contribution in [0.25, 0.3) is 0 Å². The van der Waals surface area contributed by atoms with Crippen LogP contribution in [-0.2, 0) is 16.6 Å². The van der Waals surface area contributed by atoms with Gasteiger partial charge in [-0.3, -0.25) is 13.9 Å². The topological polar surface area (TPSA) is 95.6 Å². The van der Waals surface area contributed by atoms with E-state index in [4.69, 9.17) is 0 Å². The first-order chi connectivity index (χ1) is 15.8. The van der Waals surface area contributed by atoms with Crippen LogP contribution in [0.1, 0.15) is 26.3 Å². The smallest absolute Gasteiger partial charge is 0.257 e. The van der Waals surface area contributed by atoms with Crippen molar-refractivity contribution in [2.75, 3.05) is 22.4 Å². The van der Waals surface area contributed by atoms with E-state index in [1.54, 1.807) is 54.6 Å². The van der Waals surface area contributed by atoms with Crippen LogP contribution >= 0.6 is 0 Å². The first kappa shape index (κ1) is 23.7. The van der Waals surface area contributed by atoms with E-state index in [9.17, 15) is 18.0 Å². The number of nitrogens with zero attached hydrogens (tertiary/aromatic N) is 1. The zero-order valence-corrected chi connectivity index (χ0v) is 19.0. The van der Waals surface area contributed by atoms with Crippen LogP contribution < -0.4 is 14.9 Å². The molecule has 33 heavy (non-hydrogen) atoms. The van der Waals surface area contributed by atoms with E-state index >= 15 is 0 Å². The van der Waals surface area contributed by atoms with E-state index < -0.39 is 15.9 Å². The van der Waals surface area contributed by atoms with Gasteiger partial charge in [0.2, 0.25) is 10.0 Å². The number of carbonyl (C=O) groups is 2. The summed E-state index contributed by atoms with van der Waals surface area (Å²) in [6, 6.07) is 22.2. The standard InChI is InChI=1S/C25H25N3O4S/c1-3-17-26-24(29)20-13-7-9-15-22(20)27-25(30)21-14-8-10-16-23(21)28(33(2,31)32)18-19-11-5-4-6-12-19/h3-16H,1,17-18H2,2H3,(H,26,29)(H,27,30). The lowest BCUT2D eigenvalue weighted by molar-refractivity contribution is 0.0959. The molecule has 3 rings (SSSR count). The van der Waals surface area contributed by atoms with E-state index in [-0.39, 0.29) is 35.8 Å². The molecule has 0 saturated heterocycles. The second-order valence-corrected chi connectivity index (χ2v) is 9.18. The molecule has 0 fully saturated rings. The lowest BCUT2D eigenvalue weighted by atomic mass is 10.1. The monoisotopic (exact) mass is 463 g/mol. The molecule has 0 heterocycles. The van der Waals surface area contributed by atoms with Crippen LogP contribution in [0.2, 0.25) is 0 Å². The summed E-state index contributed by atoms with van der Waals surface area (Å²) in [7, 11) is -3.70. The summed E-state index contributed by atoms with van der Waals surface area (Å²) in [6.07, 6.45) is 2.66. The lowest BCUT2D eigenvalue weighted by Crippen LogP contribution is -2.31. The fourth-order valence-electron chi connectivity index (χ4n) is 3.25. The number of anilines is 2. The van der Waals surface area contributed by atoms with Gasteiger partial charge in [-0.1, -0.05) is 60.7 Å². The summed E-state index contributed by atoms with van der Waals surface area (Å²) < 4.78 is 26.5. The SMILES string of the molecule is C=CCNC(=O)c1ccccc1NC(=O)c1ccccc1N(Cc1ccccc1)S(C)(=O)=O. The van der Waals surface area contributed by atoms with Crippen molar-refractivity contribution in [1.82, 2.24) is 5.32 Å². The molecular formula is C25H25N3O4S. The number of benzene rings is 3. The van der Waals surface area contributed by atoms with Gasteiger partial charge in [0.05, 0.1) is 35.3 Å². The number of para-hydroxylation sites is 2. The van der Waals surface area contributed by atoms with Crippen molar-refractivity contribution < 1.29 is 18.0 Å². The number of carbonyl (C=O) groups excluding carboxylic acids is 2. The van der Waals surface area contributed by atoms with Crippen LogP contribution in [0.3, 0.4) is 0 Å². The highest BCUT2D eigenvalue weighted by Gasteiger charge is 2.24. The molecule has 3 aromatic carbocycles. The third-order valence-electron chi connectivity index (χ3n) is 4.81. The van der Waals surface area contributed by atoms with E-state index in [0.29, 0.717) is 5.69 Å². The van der Waals surface area contributed by atoms with Crippen LogP contribution in [0.15, 0.2) is 91.5 Å². The molecule has 0 spiro atoms. The highest BCUT2D eigenvalue weighted by atomic mass is 32.2. The summed E-state index contributed by atoms with van der Waals surface area (Å²) in [5.41, 5.74) is 1.79. The van der Waals surface area contributed by atoms with Crippen molar-refractivity contribution in [2.24, 2.45) is 0 Å². The first-order valence-electron chi connectivity index (χ1n) is 10.2. The highest BCUT2D eigenvalue weighted by Crippen LogP contribution is 2.26. The molecule has 0 aliphatic rings. The molecule has 170 valence electrons. The molecule has 0 bridgehead atoms. The van der Waals surface area contributed by atoms with Gasteiger partial charge in [-0.15, -0.1) is 6.58 Å². The number of hydrogen-bond donors (Lipinski definition) is 2. The van der Waals surface area contributed by atoms with Gasteiger partial charge in [0.25, 0.3) is 11.8 Å². The van der Waals surface area contributed by atoms with E-state index in [2.05, 4.69) is 17.2 Å². The highest BCUT2D eigenvalue weighted by molar-refractivity contribution is 7.92. The van der Waals surface area contributed by atoms with Gasteiger partial charge >= 0.3 is 0 Å². The molecule has 0 radical (unpaired) electrons. The average molecular weight is 464 g/mol. The summed E-state index contributed by atoms with van der Waals surface area (Å²) in [5.74, 6) is -0.891. The number of nitrogens with one attached hydrogen (secondary N) is 2. The van der Waals surface area contributed by atoms with Crippen molar-refractivity contribution in [2.45, 2.75) is 6.54 Å². The Hall–Kier alpha value is -3.91. The Kier molecular flexibility index (Phi) is 7.63. The molecule has 2 N–H and O–H groups in total. The lowest BCUT2D eigenvalue weighted by Gasteiger charge is -2.25. The Morgan fingerprint density at radius 2 is 1.48 bits per heavy atom. The minimum atomic E-state index is -3.70. The van der Waals surface area contributed by atoms with Gasteiger partial charge in [0.15, 0.2) is 0 Å². The van der Waals surface area contributed by atoms with Crippen molar-refractivity contribution in [1.29, 1.82) is 0 Å². The molecule has 0 unspecified atom stereocenters. The summed E-state index contributed by atoms with van der Waals surface area (Å²) >= 11 is 0. The van der Waals surface area contributed by atoms with E-state index in [0.717, 1.165) is 11.8 Å². The second kappa shape index (κ2) is 10.6. The normalized spacial score (nSPS) is 10.8. The number of rotatable bonds is 9. The Balaban J connectivity index is 1.95. The third kappa shape index (κ3) is 6.08. The van der Waals surface area contributed by atoms with Crippen LogP contribution in [0.5, 0.6) is 0 Å². The number of amides is 2. The average Bonchev–Trinajstić information content (AvgIpc) is 2.81. The predicted molar refractivity (Wildman–Crippen MR) is 131 cm³/mol. The molecule has 0 atom stereocenters. The zero-order valence-electron chi connectivity index (χ0n) is 18.2. The maximum absolute atomic E-state index is 13.2. The van der Waals surface area contributed by atoms with Gasteiger partial charge in [0, 0.05) is 6.54 Å². The largest absolute Gasteiger partial charge is 0.349 e. The summed E-state index contributed by atoms with van der Waals surface area (Å²) in [4.78, 5) is 25.7. The quantitative estimate of drug-likeness (QED) is 0.472. The van der Waals surface area contributed by atoms with Gasteiger partial charge < -0.3 is 10.6 Å². The second-order valence-electron chi connectivity index (χ2n) is 7.27. The fraction of sp³-hybridized carbons (Fsp3) is 0.120. The van der Waals surface area contributed by atoms with Crippen molar-refractivity contribution >= 4 is 33.2 Å². The molecule has 0 aromatic heterocycles. The van der Waals surface area contributed by atoms with E-state index in [1.165, 1.54) is 4.31 Å². The maximum Gasteiger partial charge on any atom is 0.257 e. The molecular weight excluding hydrogens is 438 g/mol. The predicted octanol–water partition coefficient (Wildman–Crippen LogP) is 3.82.